The third-order valence-corrected chi connectivity index (χ3v) is 10.8. The molecule has 62 heavy (non-hydrogen) atoms. The van der Waals surface area contributed by atoms with E-state index in [-0.39, 0.29) is 44.4 Å². The van der Waals surface area contributed by atoms with Crippen LogP contribution in [0.25, 0.3) is 0 Å². The molecule has 3 N–H and O–H groups in total. The largest absolute Gasteiger partial charge is 0.479 e. The fraction of sp³-hybridized carbons (Fsp3) is 0.875. The first-order valence-electron chi connectivity index (χ1n) is 24.6. The zero-order chi connectivity index (χ0) is 45.4. The van der Waals surface area contributed by atoms with Crippen molar-refractivity contribution in [2.75, 3.05) is 52.8 Å². The summed E-state index contributed by atoms with van der Waals surface area (Å²) in [4.78, 5) is 43.6. The van der Waals surface area contributed by atoms with Gasteiger partial charge in [0.25, 0.3) is 5.91 Å². The van der Waals surface area contributed by atoms with Crippen LogP contribution in [-0.2, 0) is 42.7 Å². The van der Waals surface area contributed by atoms with Crippen LogP contribution in [0.5, 0.6) is 0 Å². The number of hydrogen-bond donors (Lipinski definition) is 3. The number of nitrogens with zero attached hydrogens (tertiary/aromatic N) is 1. The second-order valence-corrected chi connectivity index (χ2v) is 16.6. The smallest absolute Gasteiger partial charge is 0.332 e. The molecule has 0 radical (unpaired) electrons. The number of hydrogen-bond acceptors (Lipinski definition) is 11. The highest BCUT2D eigenvalue weighted by atomic mass is 16.7. The predicted molar refractivity (Wildman–Crippen MR) is 243 cm³/mol. The molecule has 0 spiro atoms. The number of esters is 1. The normalized spacial score (nSPS) is 13.6. The average Bonchev–Trinajstić information content (AvgIpc) is 3.81. The van der Waals surface area contributed by atoms with E-state index >= 15 is 0 Å². The van der Waals surface area contributed by atoms with Crippen LogP contribution >= 0.6 is 0 Å². The molecule has 1 rings (SSSR count). The second-order valence-electron chi connectivity index (χ2n) is 16.6. The molecule has 0 aromatic carbocycles. The minimum Gasteiger partial charge on any atom is -0.479 e. The molecule has 0 bridgehead atoms. The molecule has 0 saturated carbocycles. The molecule has 0 aliphatic rings. The minimum absolute atomic E-state index is 0.0243. The number of unbranched alkanes of at least 4 members (excludes halogenated alkanes) is 17. The van der Waals surface area contributed by atoms with Crippen molar-refractivity contribution < 1.29 is 52.6 Å². The number of aromatic nitrogens is 2. The molecule has 3 unspecified atom stereocenters. The van der Waals surface area contributed by atoms with Crippen molar-refractivity contribution in [1.29, 1.82) is 0 Å². The summed E-state index contributed by atoms with van der Waals surface area (Å²) < 4.78 is 41.7. The van der Waals surface area contributed by atoms with Crippen molar-refractivity contribution in [1.82, 2.24) is 15.3 Å². The van der Waals surface area contributed by atoms with E-state index in [0.717, 1.165) is 83.5 Å². The molecule has 0 saturated heterocycles. The number of ether oxygens (including phenoxy) is 7. The molecule has 1 aromatic rings. The van der Waals surface area contributed by atoms with Crippen molar-refractivity contribution in [3.05, 3.63) is 18.2 Å². The van der Waals surface area contributed by atoms with E-state index in [4.69, 9.17) is 33.2 Å². The summed E-state index contributed by atoms with van der Waals surface area (Å²) in [6.07, 6.45) is 27.2. The zero-order valence-electron chi connectivity index (χ0n) is 39.7. The zero-order valence-corrected chi connectivity index (χ0v) is 39.7. The summed E-state index contributed by atoms with van der Waals surface area (Å²) in [6, 6.07) is 0. The Bertz CT molecular complexity index is 1180. The molecule has 0 fully saturated rings. The summed E-state index contributed by atoms with van der Waals surface area (Å²) in [5.41, 5.74) is 0.311. The van der Waals surface area contributed by atoms with Gasteiger partial charge < -0.3 is 48.6 Å². The number of aromatic amines is 1. The maximum Gasteiger partial charge on any atom is 0.332 e. The maximum atomic E-state index is 12.9. The number of carboxylic acids is 1. The standard InChI is InChI=1S/C48H89N3O11/c1-6-10-13-16-19-23-28-41(29-24-20-17-14-11-7-2)62-44(52)31-26-21-18-22-27-33-60-48(5,39-59-43(47(54)55)30-25-15-12-8-3)61-38-45(57-9-4)58-36-35-56-34-32-50-46(53)42-37-49-40-51-42/h37,40-41,43,45H,6-36,38-39H2,1-5H3,(H,49,51)(H,50,53)(H,54,55). The maximum absolute atomic E-state index is 12.9. The topological polar surface area (TPSA) is 177 Å². The van der Waals surface area contributed by atoms with Gasteiger partial charge in [0, 0.05) is 25.8 Å². The number of H-pyrrole nitrogens is 1. The monoisotopic (exact) mass is 884 g/mol. The van der Waals surface area contributed by atoms with Gasteiger partial charge in [-0.1, -0.05) is 130 Å². The first-order valence-corrected chi connectivity index (χ1v) is 24.6. The van der Waals surface area contributed by atoms with E-state index in [0.29, 0.717) is 44.9 Å². The predicted octanol–water partition coefficient (Wildman–Crippen LogP) is 10.5. The van der Waals surface area contributed by atoms with Gasteiger partial charge in [-0.05, 0) is 58.8 Å². The summed E-state index contributed by atoms with van der Waals surface area (Å²) in [6.45, 7) is 12.1. The van der Waals surface area contributed by atoms with Gasteiger partial charge in [-0.15, -0.1) is 0 Å². The third-order valence-electron chi connectivity index (χ3n) is 10.8. The SMILES string of the molecule is CCCCCCCCC(CCCCCCCC)OC(=O)CCCCCCCOC(C)(COC(CCCCCC)C(=O)O)OCC(OCC)OCCOCCNC(=O)c1c[nH]cn1. The second kappa shape index (κ2) is 39.9. The lowest BCUT2D eigenvalue weighted by atomic mass is 10.0. The lowest BCUT2D eigenvalue weighted by molar-refractivity contribution is -0.285. The lowest BCUT2D eigenvalue weighted by Crippen LogP contribution is -2.43. The molecule has 1 amide bonds. The number of rotatable bonds is 46. The van der Waals surface area contributed by atoms with Crippen LogP contribution < -0.4 is 5.32 Å². The van der Waals surface area contributed by atoms with Crippen molar-refractivity contribution in [2.24, 2.45) is 0 Å². The van der Waals surface area contributed by atoms with Gasteiger partial charge in [0.1, 0.15) is 25.0 Å². The van der Waals surface area contributed by atoms with Crippen molar-refractivity contribution in [3.8, 4) is 0 Å². The quantitative estimate of drug-likeness (QED) is 0.0321. The highest BCUT2D eigenvalue weighted by Crippen LogP contribution is 2.21. The summed E-state index contributed by atoms with van der Waals surface area (Å²) in [5.74, 6) is -2.60. The van der Waals surface area contributed by atoms with Crippen LogP contribution in [0.2, 0.25) is 0 Å². The van der Waals surface area contributed by atoms with Gasteiger partial charge in [-0.3, -0.25) is 9.59 Å². The van der Waals surface area contributed by atoms with Crippen LogP contribution in [0.15, 0.2) is 12.5 Å². The molecular formula is C48H89N3O11. The van der Waals surface area contributed by atoms with Gasteiger partial charge in [0.15, 0.2) is 18.2 Å². The van der Waals surface area contributed by atoms with Crippen molar-refractivity contribution >= 4 is 17.8 Å². The Balaban J connectivity index is 2.57. The van der Waals surface area contributed by atoms with Gasteiger partial charge in [0.05, 0.1) is 32.8 Å². The molecule has 1 aromatic heterocycles. The molecule has 14 nitrogen and oxygen atoms in total. The van der Waals surface area contributed by atoms with E-state index in [1.807, 2.05) is 6.92 Å². The van der Waals surface area contributed by atoms with E-state index < -0.39 is 24.2 Å². The highest BCUT2D eigenvalue weighted by Gasteiger charge is 2.31. The van der Waals surface area contributed by atoms with Crippen LogP contribution in [0, 0.1) is 0 Å². The number of carboxylic acid groups (broad SMARTS) is 1. The van der Waals surface area contributed by atoms with E-state index in [9.17, 15) is 19.5 Å². The number of carbonyl (C=O) groups is 3. The number of imidazole rings is 1. The molecular weight excluding hydrogens is 795 g/mol. The molecule has 3 atom stereocenters. The number of amides is 1. The summed E-state index contributed by atoms with van der Waals surface area (Å²) in [5, 5.41) is 12.6. The van der Waals surface area contributed by atoms with Crippen LogP contribution in [-0.4, -0.2) is 110 Å². The average molecular weight is 884 g/mol. The van der Waals surface area contributed by atoms with Crippen molar-refractivity contribution in [3.63, 3.8) is 0 Å². The molecule has 362 valence electrons. The van der Waals surface area contributed by atoms with Crippen LogP contribution in [0.3, 0.4) is 0 Å². The molecule has 0 aliphatic heterocycles. The van der Waals surface area contributed by atoms with Crippen LogP contribution in [0.1, 0.15) is 206 Å². The van der Waals surface area contributed by atoms with E-state index in [1.54, 1.807) is 6.92 Å². The Morgan fingerprint density at radius 3 is 1.90 bits per heavy atom. The first kappa shape index (κ1) is 57.4. The Labute approximate surface area is 375 Å². The summed E-state index contributed by atoms with van der Waals surface area (Å²) >= 11 is 0. The van der Waals surface area contributed by atoms with Gasteiger partial charge in [-0.2, -0.15) is 0 Å². The van der Waals surface area contributed by atoms with Gasteiger partial charge in [-0.25, -0.2) is 9.78 Å². The fourth-order valence-corrected chi connectivity index (χ4v) is 7.04. The Morgan fingerprint density at radius 2 is 1.29 bits per heavy atom. The molecule has 0 aliphatic carbocycles. The van der Waals surface area contributed by atoms with Gasteiger partial charge in [0.2, 0.25) is 0 Å². The highest BCUT2D eigenvalue weighted by molar-refractivity contribution is 5.91. The molecule has 14 heteroatoms. The van der Waals surface area contributed by atoms with E-state index in [2.05, 4.69) is 36.1 Å². The Kier molecular flexibility index (Phi) is 37.0. The number of aliphatic carboxylic acids is 1. The summed E-state index contributed by atoms with van der Waals surface area (Å²) in [7, 11) is 0. The number of nitrogens with one attached hydrogen (secondary N) is 2. The van der Waals surface area contributed by atoms with Gasteiger partial charge >= 0.3 is 11.9 Å². The van der Waals surface area contributed by atoms with E-state index in [1.165, 1.54) is 76.7 Å². The number of carbonyl (C=O) groups excluding carboxylic acids is 2. The fourth-order valence-electron chi connectivity index (χ4n) is 7.04. The minimum atomic E-state index is -1.25. The third kappa shape index (κ3) is 32.1. The first-order chi connectivity index (χ1) is 30.2. The Hall–Kier alpha value is -2.62. The molecule has 1 heterocycles. The van der Waals surface area contributed by atoms with Crippen molar-refractivity contribution in [2.45, 2.75) is 219 Å². The lowest BCUT2D eigenvalue weighted by Gasteiger charge is -2.32. The van der Waals surface area contributed by atoms with Crippen LogP contribution in [0.4, 0.5) is 0 Å². The Morgan fingerprint density at radius 1 is 0.694 bits per heavy atom.